The van der Waals surface area contributed by atoms with Crippen LogP contribution < -0.4 is 5.32 Å². The molecule has 2 nitrogen and oxygen atoms in total. The molecule has 3 atom stereocenters. The summed E-state index contributed by atoms with van der Waals surface area (Å²) in [6.07, 6.45) is 10.9. The number of ether oxygens (including phenoxy) is 1. The van der Waals surface area contributed by atoms with Gasteiger partial charge >= 0.3 is 0 Å². The summed E-state index contributed by atoms with van der Waals surface area (Å²) in [6, 6.07) is 0.733. The van der Waals surface area contributed by atoms with Crippen molar-refractivity contribution in [2.45, 2.75) is 75.2 Å². The van der Waals surface area contributed by atoms with E-state index >= 15 is 0 Å². The largest absolute Gasteiger partial charge is 0.375 e. The molecule has 2 saturated heterocycles. The lowest BCUT2D eigenvalue weighted by Crippen LogP contribution is -2.53. The van der Waals surface area contributed by atoms with E-state index < -0.39 is 0 Å². The first-order valence-corrected chi connectivity index (χ1v) is 9.37. The highest BCUT2D eigenvalue weighted by atomic mass is 32.2. The van der Waals surface area contributed by atoms with Gasteiger partial charge in [0.1, 0.15) is 0 Å². The number of rotatable bonds is 4. The van der Waals surface area contributed by atoms with Gasteiger partial charge in [0.15, 0.2) is 0 Å². The highest BCUT2D eigenvalue weighted by Crippen LogP contribution is 2.46. The molecular weight excluding hydrogens is 254 g/mol. The van der Waals surface area contributed by atoms with Crippen LogP contribution in [0.25, 0.3) is 0 Å². The quantitative estimate of drug-likeness (QED) is 0.852. The first-order valence-electron chi connectivity index (χ1n) is 8.32. The Bertz CT molecular complexity index is 286. The van der Waals surface area contributed by atoms with Crippen molar-refractivity contribution in [2.75, 3.05) is 18.9 Å². The molecule has 110 valence electrons. The second kappa shape index (κ2) is 6.36. The lowest BCUT2D eigenvalue weighted by atomic mass is 9.70. The zero-order chi connectivity index (χ0) is 13.1. The van der Waals surface area contributed by atoms with Gasteiger partial charge in [0.2, 0.25) is 0 Å². The Labute approximate surface area is 122 Å². The van der Waals surface area contributed by atoms with Gasteiger partial charge in [-0.15, -0.1) is 0 Å². The van der Waals surface area contributed by atoms with E-state index in [1.807, 2.05) is 0 Å². The first kappa shape index (κ1) is 14.2. The molecule has 0 bridgehead atoms. The fraction of sp³-hybridized carbons (Fsp3) is 1.00. The average molecular weight is 283 g/mol. The van der Waals surface area contributed by atoms with Crippen molar-refractivity contribution in [3.63, 3.8) is 0 Å². The molecule has 1 N–H and O–H groups in total. The van der Waals surface area contributed by atoms with Crippen LogP contribution in [0.3, 0.4) is 0 Å². The molecule has 3 fully saturated rings. The number of hydrogen-bond donors (Lipinski definition) is 1. The maximum atomic E-state index is 6.11. The predicted molar refractivity (Wildman–Crippen MR) is 82.8 cm³/mol. The molecule has 2 heterocycles. The number of hydrogen-bond acceptors (Lipinski definition) is 3. The molecule has 19 heavy (non-hydrogen) atoms. The van der Waals surface area contributed by atoms with Gasteiger partial charge < -0.3 is 10.1 Å². The van der Waals surface area contributed by atoms with Crippen LogP contribution in [0, 0.1) is 5.92 Å². The van der Waals surface area contributed by atoms with Crippen molar-refractivity contribution in [3.05, 3.63) is 0 Å². The van der Waals surface area contributed by atoms with E-state index in [9.17, 15) is 0 Å². The third kappa shape index (κ3) is 3.14. The molecule has 3 unspecified atom stereocenters. The minimum atomic E-state index is 0.302. The Morgan fingerprint density at radius 1 is 1.26 bits per heavy atom. The van der Waals surface area contributed by atoms with Crippen LogP contribution in [0.1, 0.15) is 58.3 Å². The van der Waals surface area contributed by atoms with Crippen LogP contribution in [-0.2, 0) is 4.74 Å². The lowest BCUT2D eigenvalue weighted by Gasteiger charge is -2.50. The maximum Gasteiger partial charge on any atom is 0.0685 e. The monoisotopic (exact) mass is 283 g/mol. The maximum absolute atomic E-state index is 6.11. The molecule has 0 aromatic carbocycles. The smallest absolute Gasteiger partial charge is 0.0685 e. The molecule has 0 aromatic rings. The van der Waals surface area contributed by atoms with Crippen LogP contribution in [-0.4, -0.2) is 35.8 Å². The first-order chi connectivity index (χ1) is 9.33. The topological polar surface area (TPSA) is 21.3 Å². The molecule has 1 aliphatic carbocycles. The SMILES string of the molecule is CCNC(C1CCOC2(CCC2)C1)C1CCCCS1. The average Bonchev–Trinajstić information content (AvgIpc) is 2.44. The lowest BCUT2D eigenvalue weighted by molar-refractivity contribution is -0.147. The second-order valence-corrected chi connectivity index (χ2v) is 7.97. The molecule has 0 radical (unpaired) electrons. The van der Waals surface area contributed by atoms with Gasteiger partial charge in [-0.1, -0.05) is 13.3 Å². The Kier molecular flexibility index (Phi) is 4.76. The zero-order valence-electron chi connectivity index (χ0n) is 12.3. The third-order valence-corrected chi connectivity index (χ3v) is 6.84. The van der Waals surface area contributed by atoms with Gasteiger partial charge in [0.05, 0.1) is 5.60 Å². The van der Waals surface area contributed by atoms with Crippen LogP contribution in [0.15, 0.2) is 0 Å². The summed E-state index contributed by atoms with van der Waals surface area (Å²) in [6.45, 7) is 4.38. The van der Waals surface area contributed by atoms with E-state index in [1.165, 1.54) is 57.1 Å². The molecule has 2 aliphatic heterocycles. The molecule has 3 aliphatic rings. The summed E-state index contributed by atoms with van der Waals surface area (Å²) in [5.41, 5.74) is 0.302. The van der Waals surface area contributed by atoms with E-state index in [1.54, 1.807) is 0 Å². The summed E-state index contributed by atoms with van der Waals surface area (Å²) in [4.78, 5) is 0. The Balaban J connectivity index is 1.64. The molecule has 1 saturated carbocycles. The van der Waals surface area contributed by atoms with E-state index in [2.05, 4.69) is 24.0 Å². The Morgan fingerprint density at radius 2 is 2.16 bits per heavy atom. The highest BCUT2D eigenvalue weighted by molar-refractivity contribution is 8.00. The molecule has 3 heteroatoms. The molecule has 0 aromatic heterocycles. The van der Waals surface area contributed by atoms with Gasteiger partial charge in [-0.25, -0.2) is 0 Å². The molecule has 3 rings (SSSR count). The van der Waals surface area contributed by atoms with Gasteiger partial charge in [-0.3, -0.25) is 0 Å². The minimum Gasteiger partial charge on any atom is -0.375 e. The van der Waals surface area contributed by atoms with Crippen molar-refractivity contribution in [2.24, 2.45) is 5.92 Å². The standard InChI is InChI=1S/C16H29NOS/c1-2-17-15(14-6-3-4-11-19-14)13-7-10-18-16(12-13)8-5-9-16/h13-15,17H,2-12H2,1H3. The third-order valence-electron chi connectivity index (χ3n) is 5.36. The summed E-state index contributed by atoms with van der Waals surface area (Å²) in [5, 5.41) is 4.69. The molecular formula is C16H29NOS. The fourth-order valence-electron chi connectivity index (χ4n) is 4.18. The summed E-state index contributed by atoms with van der Waals surface area (Å²) in [5.74, 6) is 2.23. The summed E-state index contributed by atoms with van der Waals surface area (Å²) < 4.78 is 6.11. The zero-order valence-corrected chi connectivity index (χ0v) is 13.1. The van der Waals surface area contributed by atoms with Gasteiger partial charge in [0, 0.05) is 17.9 Å². The number of thioether (sulfide) groups is 1. The molecule has 1 spiro atoms. The van der Waals surface area contributed by atoms with Crippen molar-refractivity contribution >= 4 is 11.8 Å². The molecule has 0 amide bonds. The summed E-state index contributed by atoms with van der Waals surface area (Å²) >= 11 is 2.23. The van der Waals surface area contributed by atoms with Gasteiger partial charge in [-0.05, 0) is 63.2 Å². The van der Waals surface area contributed by atoms with Gasteiger partial charge in [-0.2, -0.15) is 11.8 Å². The minimum absolute atomic E-state index is 0.302. The highest BCUT2D eigenvalue weighted by Gasteiger charge is 2.45. The van der Waals surface area contributed by atoms with E-state index in [0.717, 1.165) is 30.4 Å². The Hall–Kier alpha value is 0.270. The van der Waals surface area contributed by atoms with Crippen LogP contribution in [0.4, 0.5) is 0 Å². The van der Waals surface area contributed by atoms with E-state index in [4.69, 9.17) is 4.74 Å². The van der Waals surface area contributed by atoms with Crippen molar-refractivity contribution in [3.8, 4) is 0 Å². The van der Waals surface area contributed by atoms with E-state index in [-0.39, 0.29) is 0 Å². The van der Waals surface area contributed by atoms with Crippen LogP contribution in [0.2, 0.25) is 0 Å². The predicted octanol–water partition coefficient (Wildman–Crippen LogP) is 3.60. The van der Waals surface area contributed by atoms with Crippen molar-refractivity contribution < 1.29 is 4.74 Å². The second-order valence-electron chi connectivity index (χ2n) is 6.63. The Morgan fingerprint density at radius 3 is 2.79 bits per heavy atom. The van der Waals surface area contributed by atoms with Crippen LogP contribution in [0.5, 0.6) is 0 Å². The fourth-order valence-corrected chi connectivity index (χ4v) is 5.71. The summed E-state index contributed by atoms with van der Waals surface area (Å²) in [7, 11) is 0. The normalized spacial score (nSPS) is 35.8. The van der Waals surface area contributed by atoms with Crippen LogP contribution >= 0.6 is 11.8 Å². The van der Waals surface area contributed by atoms with Crippen molar-refractivity contribution in [1.29, 1.82) is 0 Å². The van der Waals surface area contributed by atoms with Crippen molar-refractivity contribution in [1.82, 2.24) is 5.32 Å². The van der Waals surface area contributed by atoms with E-state index in [0.29, 0.717) is 5.60 Å². The van der Waals surface area contributed by atoms with Gasteiger partial charge in [0.25, 0.3) is 0 Å². The number of nitrogens with one attached hydrogen (secondary N) is 1.